The van der Waals surface area contributed by atoms with E-state index in [0.717, 1.165) is 28.5 Å². The van der Waals surface area contributed by atoms with Crippen LogP contribution in [0.25, 0.3) is 0 Å². The van der Waals surface area contributed by atoms with Crippen LogP contribution in [0.4, 0.5) is 5.82 Å². The molecule has 0 saturated heterocycles. The quantitative estimate of drug-likeness (QED) is 0.667. The molecule has 13 heavy (non-hydrogen) atoms. The molecule has 0 aliphatic carbocycles. The number of hydrogen-bond acceptors (Lipinski definition) is 4. The van der Waals surface area contributed by atoms with Crippen molar-refractivity contribution in [2.75, 3.05) is 23.9 Å². The smallest absolute Gasteiger partial charge is 0.130 e. The average Bonchev–Trinajstić information content (AvgIpc) is 2.03. The lowest BCUT2D eigenvalue weighted by atomic mass is 10.5. The molecule has 0 aromatic carbocycles. The minimum atomic E-state index is 0.779. The van der Waals surface area contributed by atoms with E-state index >= 15 is 0 Å². The lowest BCUT2D eigenvalue weighted by molar-refractivity contribution is 1.02. The molecule has 0 bridgehead atoms. The van der Waals surface area contributed by atoms with Gasteiger partial charge >= 0.3 is 0 Å². The van der Waals surface area contributed by atoms with Crippen LogP contribution in [-0.4, -0.2) is 28.5 Å². The van der Waals surface area contributed by atoms with Gasteiger partial charge in [-0.3, -0.25) is 0 Å². The fourth-order valence-electron chi connectivity index (χ4n) is 0.903. The van der Waals surface area contributed by atoms with Gasteiger partial charge in [0.1, 0.15) is 16.2 Å². The standard InChI is InChI=1S/C8H12BrN3S/c1-6-11-7(9)5-8(12-6)10-3-4-13-2/h5H,3-4H2,1-2H3,(H,10,11,12). The van der Waals surface area contributed by atoms with Crippen LogP contribution >= 0.6 is 27.7 Å². The summed E-state index contributed by atoms with van der Waals surface area (Å²) in [6.07, 6.45) is 2.09. The van der Waals surface area contributed by atoms with Crippen molar-refractivity contribution in [3.05, 3.63) is 16.5 Å². The van der Waals surface area contributed by atoms with Gasteiger partial charge < -0.3 is 5.32 Å². The highest BCUT2D eigenvalue weighted by Crippen LogP contribution is 2.11. The highest BCUT2D eigenvalue weighted by molar-refractivity contribution is 9.10. The van der Waals surface area contributed by atoms with Crippen LogP contribution in [0.5, 0.6) is 0 Å². The van der Waals surface area contributed by atoms with E-state index in [1.165, 1.54) is 0 Å². The van der Waals surface area contributed by atoms with E-state index in [9.17, 15) is 0 Å². The van der Waals surface area contributed by atoms with Crippen molar-refractivity contribution in [1.82, 2.24) is 9.97 Å². The number of halogens is 1. The maximum absolute atomic E-state index is 4.24. The Kier molecular flexibility index (Phi) is 4.52. The molecule has 0 unspecified atom stereocenters. The van der Waals surface area contributed by atoms with Gasteiger partial charge in [-0.25, -0.2) is 9.97 Å². The summed E-state index contributed by atoms with van der Waals surface area (Å²) in [5, 5.41) is 3.23. The van der Waals surface area contributed by atoms with E-state index in [1.807, 2.05) is 24.8 Å². The van der Waals surface area contributed by atoms with Crippen molar-refractivity contribution in [3.63, 3.8) is 0 Å². The van der Waals surface area contributed by atoms with Crippen LogP contribution in [0.15, 0.2) is 10.7 Å². The SMILES string of the molecule is CSCCNc1cc(Br)nc(C)n1. The Bertz CT molecular complexity index is 260. The Morgan fingerprint density at radius 2 is 2.31 bits per heavy atom. The van der Waals surface area contributed by atoms with Gasteiger partial charge in [0.25, 0.3) is 0 Å². The summed E-state index contributed by atoms with van der Waals surface area (Å²) in [5.74, 6) is 2.75. The summed E-state index contributed by atoms with van der Waals surface area (Å²) in [6, 6.07) is 1.88. The molecule has 0 radical (unpaired) electrons. The molecule has 0 atom stereocenters. The van der Waals surface area contributed by atoms with Gasteiger partial charge in [0.2, 0.25) is 0 Å². The van der Waals surface area contributed by atoms with Gasteiger partial charge in [-0.05, 0) is 29.1 Å². The number of anilines is 1. The Morgan fingerprint density at radius 1 is 1.54 bits per heavy atom. The summed E-state index contributed by atoms with van der Waals surface area (Å²) in [6.45, 7) is 2.81. The van der Waals surface area contributed by atoms with E-state index in [0.29, 0.717) is 0 Å². The molecular weight excluding hydrogens is 250 g/mol. The van der Waals surface area contributed by atoms with Gasteiger partial charge in [0.15, 0.2) is 0 Å². The van der Waals surface area contributed by atoms with Gasteiger partial charge in [-0.1, -0.05) is 0 Å². The third-order valence-electron chi connectivity index (χ3n) is 1.42. The third-order valence-corrected chi connectivity index (χ3v) is 2.44. The number of aryl methyl sites for hydroxylation is 1. The van der Waals surface area contributed by atoms with E-state index in [4.69, 9.17) is 0 Å². The van der Waals surface area contributed by atoms with Gasteiger partial charge in [0, 0.05) is 18.4 Å². The zero-order valence-corrected chi connectivity index (χ0v) is 10.1. The van der Waals surface area contributed by atoms with Gasteiger partial charge in [0.05, 0.1) is 0 Å². The van der Waals surface area contributed by atoms with Crippen molar-refractivity contribution in [2.45, 2.75) is 6.92 Å². The number of hydrogen-bond donors (Lipinski definition) is 1. The van der Waals surface area contributed by atoms with E-state index in [-0.39, 0.29) is 0 Å². The van der Waals surface area contributed by atoms with Gasteiger partial charge in [-0.2, -0.15) is 11.8 Å². The predicted molar refractivity (Wildman–Crippen MR) is 61.3 cm³/mol. The minimum absolute atomic E-state index is 0.779. The van der Waals surface area contributed by atoms with E-state index in [2.05, 4.69) is 37.5 Å². The molecule has 0 saturated carbocycles. The molecule has 0 amide bonds. The number of nitrogens with one attached hydrogen (secondary N) is 1. The molecule has 1 rings (SSSR count). The second kappa shape index (κ2) is 5.44. The molecule has 1 N–H and O–H groups in total. The normalized spacial score (nSPS) is 10.1. The number of thioether (sulfide) groups is 1. The number of nitrogens with zero attached hydrogens (tertiary/aromatic N) is 2. The minimum Gasteiger partial charge on any atom is -0.369 e. The number of rotatable bonds is 4. The Morgan fingerprint density at radius 3 is 2.92 bits per heavy atom. The van der Waals surface area contributed by atoms with Crippen molar-refractivity contribution in [3.8, 4) is 0 Å². The molecule has 0 spiro atoms. The van der Waals surface area contributed by atoms with Crippen LogP contribution in [-0.2, 0) is 0 Å². The highest BCUT2D eigenvalue weighted by Gasteiger charge is 1.97. The molecule has 1 aromatic heterocycles. The first-order valence-corrected chi connectivity index (χ1v) is 6.15. The molecule has 0 fully saturated rings. The van der Waals surface area contributed by atoms with Crippen LogP contribution < -0.4 is 5.32 Å². The average molecular weight is 262 g/mol. The fraction of sp³-hybridized carbons (Fsp3) is 0.500. The second-order valence-corrected chi connectivity index (χ2v) is 4.34. The van der Waals surface area contributed by atoms with Crippen LogP contribution in [0.3, 0.4) is 0 Å². The van der Waals surface area contributed by atoms with Crippen molar-refractivity contribution >= 4 is 33.5 Å². The fourth-order valence-corrected chi connectivity index (χ4v) is 1.68. The molecule has 3 nitrogen and oxygen atoms in total. The molecular formula is C8H12BrN3S. The maximum atomic E-state index is 4.24. The van der Waals surface area contributed by atoms with Crippen LogP contribution in [0.2, 0.25) is 0 Å². The molecule has 0 aliphatic heterocycles. The molecule has 0 aliphatic rings. The lowest BCUT2D eigenvalue weighted by Crippen LogP contribution is -2.06. The van der Waals surface area contributed by atoms with Gasteiger partial charge in [-0.15, -0.1) is 0 Å². The monoisotopic (exact) mass is 261 g/mol. The molecule has 1 heterocycles. The summed E-state index contributed by atoms with van der Waals surface area (Å²) in [5.41, 5.74) is 0. The summed E-state index contributed by atoms with van der Waals surface area (Å²) in [7, 11) is 0. The lowest BCUT2D eigenvalue weighted by Gasteiger charge is -2.04. The van der Waals surface area contributed by atoms with Crippen molar-refractivity contribution in [1.29, 1.82) is 0 Å². The summed E-state index contributed by atoms with van der Waals surface area (Å²) >= 11 is 5.14. The van der Waals surface area contributed by atoms with Crippen LogP contribution in [0.1, 0.15) is 5.82 Å². The Hall–Kier alpha value is -0.290. The van der Waals surface area contributed by atoms with E-state index < -0.39 is 0 Å². The summed E-state index contributed by atoms with van der Waals surface area (Å²) < 4.78 is 0.826. The zero-order chi connectivity index (χ0) is 9.68. The summed E-state index contributed by atoms with van der Waals surface area (Å²) in [4.78, 5) is 8.37. The van der Waals surface area contributed by atoms with Crippen LogP contribution in [0, 0.1) is 6.92 Å². The predicted octanol–water partition coefficient (Wildman–Crippen LogP) is 2.32. The Balaban J connectivity index is 2.56. The first-order valence-electron chi connectivity index (χ1n) is 3.96. The number of aromatic nitrogens is 2. The third kappa shape index (κ3) is 3.95. The topological polar surface area (TPSA) is 37.8 Å². The zero-order valence-electron chi connectivity index (χ0n) is 7.67. The second-order valence-electron chi connectivity index (χ2n) is 2.54. The van der Waals surface area contributed by atoms with Crippen molar-refractivity contribution < 1.29 is 0 Å². The van der Waals surface area contributed by atoms with Crippen molar-refractivity contribution in [2.24, 2.45) is 0 Å². The molecule has 72 valence electrons. The molecule has 5 heteroatoms. The maximum Gasteiger partial charge on any atom is 0.130 e. The largest absolute Gasteiger partial charge is 0.369 e. The Labute approximate surface area is 90.9 Å². The molecule has 1 aromatic rings. The first kappa shape index (κ1) is 10.8. The first-order chi connectivity index (χ1) is 6.22. The highest BCUT2D eigenvalue weighted by atomic mass is 79.9. The van der Waals surface area contributed by atoms with E-state index in [1.54, 1.807) is 0 Å².